The molecule has 150 valence electrons. The van der Waals surface area contributed by atoms with Gasteiger partial charge in [0.05, 0.1) is 11.4 Å². The van der Waals surface area contributed by atoms with E-state index in [1.54, 1.807) is 17.1 Å². The highest BCUT2D eigenvalue weighted by molar-refractivity contribution is 5.94. The first-order valence-electron chi connectivity index (χ1n) is 9.96. The van der Waals surface area contributed by atoms with E-state index < -0.39 is 0 Å². The lowest BCUT2D eigenvalue weighted by Gasteiger charge is -2.10. The lowest BCUT2D eigenvalue weighted by molar-refractivity contribution is -0.124. The summed E-state index contributed by atoms with van der Waals surface area (Å²) in [5.41, 5.74) is 1.78. The quantitative estimate of drug-likeness (QED) is 0.626. The fourth-order valence-corrected chi connectivity index (χ4v) is 3.84. The molecule has 3 aromatic rings. The molecule has 1 fully saturated rings. The SMILES string of the molecule is Cc1c(C(=O)NCCNC(=O)C2CCCC2)nnn1-c1cccc2cnccc12. The van der Waals surface area contributed by atoms with Gasteiger partial charge >= 0.3 is 0 Å². The topological polar surface area (TPSA) is 102 Å². The zero-order valence-corrected chi connectivity index (χ0v) is 16.4. The van der Waals surface area contributed by atoms with Gasteiger partial charge < -0.3 is 10.6 Å². The van der Waals surface area contributed by atoms with Gasteiger partial charge in [0, 0.05) is 42.2 Å². The number of nitrogens with one attached hydrogen (secondary N) is 2. The second kappa shape index (κ2) is 8.38. The Kier molecular flexibility index (Phi) is 5.50. The predicted molar refractivity (Wildman–Crippen MR) is 109 cm³/mol. The fourth-order valence-electron chi connectivity index (χ4n) is 3.84. The molecule has 29 heavy (non-hydrogen) atoms. The largest absolute Gasteiger partial charge is 0.354 e. The molecule has 0 saturated heterocycles. The van der Waals surface area contributed by atoms with E-state index in [-0.39, 0.29) is 23.4 Å². The van der Waals surface area contributed by atoms with E-state index in [1.807, 2.05) is 31.2 Å². The third-order valence-electron chi connectivity index (χ3n) is 5.43. The molecule has 2 aromatic heterocycles. The molecule has 0 aliphatic heterocycles. The molecule has 0 radical (unpaired) electrons. The Bertz CT molecular complexity index is 1030. The number of amides is 2. The van der Waals surface area contributed by atoms with Crippen molar-refractivity contribution in [3.8, 4) is 5.69 Å². The summed E-state index contributed by atoms with van der Waals surface area (Å²) >= 11 is 0. The lowest BCUT2D eigenvalue weighted by atomic mass is 10.1. The molecule has 1 aliphatic carbocycles. The van der Waals surface area contributed by atoms with Crippen molar-refractivity contribution in [1.82, 2.24) is 30.6 Å². The number of benzene rings is 1. The van der Waals surface area contributed by atoms with Gasteiger partial charge in [-0.05, 0) is 31.9 Å². The van der Waals surface area contributed by atoms with E-state index in [0.717, 1.165) is 42.1 Å². The maximum absolute atomic E-state index is 12.5. The summed E-state index contributed by atoms with van der Waals surface area (Å²) in [6.07, 6.45) is 7.69. The molecule has 0 bridgehead atoms. The fraction of sp³-hybridized carbons (Fsp3) is 0.381. The molecule has 2 N–H and O–H groups in total. The van der Waals surface area contributed by atoms with Crippen LogP contribution in [0.3, 0.4) is 0 Å². The minimum atomic E-state index is -0.300. The molecule has 0 spiro atoms. The highest BCUT2D eigenvalue weighted by Crippen LogP contribution is 2.24. The van der Waals surface area contributed by atoms with Crippen molar-refractivity contribution in [2.45, 2.75) is 32.6 Å². The van der Waals surface area contributed by atoms with Gasteiger partial charge in [-0.3, -0.25) is 14.6 Å². The summed E-state index contributed by atoms with van der Waals surface area (Å²) in [4.78, 5) is 28.7. The number of hydrogen-bond acceptors (Lipinski definition) is 5. The molecule has 0 atom stereocenters. The van der Waals surface area contributed by atoms with Crippen LogP contribution in [-0.4, -0.2) is 44.9 Å². The summed E-state index contributed by atoms with van der Waals surface area (Å²) in [7, 11) is 0. The van der Waals surface area contributed by atoms with E-state index in [1.165, 1.54) is 0 Å². The van der Waals surface area contributed by atoms with Gasteiger partial charge in [-0.2, -0.15) is 0 Å². The lowest BCUT2D eigenvalue weighted by Crippen LogP contribution is -2.37. The third-order valence-corrected chi connectivity index (χ3v) is 5.43. The number of nitrogens with zero attached hydrogens (tertiary/aromatic N) is 4. The van der Waals surface area contributed by atoms with Crippen molar-refractivity contribution in [1.29, 1.82) is 0 Å². The Balaban J connectivity index is 1.40. The van der Waals surface area contributed by atoms with Gasteiger partial charge in [-0.25, -0.2) is 4.68 Å². The first-order valence-corrected chi connectivity index (χ1v) is 9.96. The summed E-state index contributed by atoms with van der Waals surface area (Å²) in [6.45, 7) is 2.57. The Morgan fingerprint density at radius 2 is 1.93 bits per heavy atom. The number of carbonyl (C=O) groups excluding carboxylic acids is 2. The minimum absolute atomic E-state index is 0.0873. The van der Waals surface area contributed by atoms with Crippen molar-refractivity contribution in [3.05, 3.63) is 48.0 Å². The average molecular weight is 392 g/mol. The minimum Gasteiger partial charge on any atom is -0.354 e. The van der Waals surface area contributed by atoms with E-state index >= 15 is 0 Å². The second-order valence-electron chi connectivity index (χ2n) is 7.34. The van der Waals surface area contributed by atoms with E-state index in [0.29, 0.717) is 18.8 Å². The zero-order valence-electron chi connectivity index (χ0n) is 16.4. The molecule has 0 unspecified atom stereocenters. The van der Waals surface area contributed by atoms with Crippen molar-refractivity contribution < 1.29 is 9.59 Å². The number of rotatable bonds is 6. The number of carbonyl (C=O) groups is 2. The van der Waals surface area contributed by atoms with Crippen LogP contribution in [0, 0.1) is 12.8 Å². The van der Waals surface area contributed by atoms with Crippen molar-refractivity contribution in [2.75, 3.05) is 13.1 Å². The van der Waals surface area contributed by atoms with Crippen LogP contribution in [0.4, 0.5) is 0 Å². The van der Waals surface area contributed by atoms with Gasteiger partial charge in [0.25, 0.3) is 5.91 Å². The van der Waals surface area contributed by atoms with E-state index in [9.17, 15) is 9.59 Å². The van der Waals surface area contributed by atoms with Crippen LogP contribution in [-0.2, 0) is 4.79 Å². The molecule has 8 nitrogen and oxygen atoms in total. The average Bonchev–Trinajstić information content (AvgIpc) is 3.41. The maximum Gasteiger partial charge on any atom is 0.273 e. The molecular formula is C21H24N6O2. The van der Waals surface area contributed by atoms with Crippen molar-refractivity contribution in [2.24, 2.45) is 5.92 Å². The van der Waals surface area contributed by atoms with Crippen LogP contribution in [0.2, 0.25) is 0 Å². The molecule has 2 amide bonds. The van der Waals surface area contributed by atoms with Gasteiger partial charge in [-0.1, -0.05) is 30.2 Å². The molecule has 4 rings (SSSR count). The molecule has 8 heteroatoms. The van der Waals surface area contributed by atoms with Crippen molar-refractivity contribution in [3.63, 3.8) is 0 Å². The Morgan fingerprint density at radius 1 is 1.14 bits per heavy atom. The van der Waals surface area contributed by atoms with Crippen LogP contribution < -0.4 is 10.6 Å². The number of fused-ring (bicyclic) bond motifs is 1. The number of aromatic nitrogens is 4. The normalized spacial score (nSPS) is 14.2. The zero-order chi connectivity index (χ0) is 20.2. The summed E-state index contributed by atoms with van der Waals surface area (Å²) < 4.78 is 1.67. The number of pyridine rings is 1. The number of hydrogen-bond donors (Lipinski definition) is 2. The first-order chi connectivity index (χ1) is 14.1. The van der Waals surface area contributed by atoms with Gasteiger partial charge in [-0.15, -0.1) is 5.10 Å². The predicted octanol–water partition coefficient (Wildman–Crippen LogP) is 2.16. The molecule has 1 aromatic carbocycles. The van der Waals surface area contributed by atoms with Crippen molar-refractivity contribution >= 4 is 22.6 Å². The van der Waals surface area contributed by atoms with Crippen LogP contribution in [0.1, 0.15) is 41.9 Å². The first kappa shape index (κ1) is 19.0. The molecular weight excluding hydrogens is 368 g/mol. The third kappa shape index (κ3) is 3.96. The maximum atomic E-state index is 12.5. The summed E-state index contributed by atoms with van der Waals surface area (Å²) in [5, 5.41) is 15.9. The molecule has 2 heterocycles. The molecule has 1 aliphatic rings. The Hall–Kier alpha value is -3.29. The Morgan fingerprint density at radius 3 is 2.76 bits per heavy atom. The molecule has 1 saturated carbocycles. The van der Waals surface area contributed by atoms with Crippen LogP contribution >= 0.6 is 0 Å². The van der Waals surface area contributed by atoms with E-state index in [2.05, 4.69) is 25.9 Å². The van der Waals surface area contributed by atoms with Gasteiger partial charge in [0.15, 0.2) is 5.69 Å². The second-order valence-corrected chi connectivity index (χ2v) is 7.34. The Labute approximate surface area is 168 Å². The van der Waals surface area contributed by atoms with Gasteiger partial charge in [0.2, 0.25) is 5.91 Å². The smallest absolute Gasteiger partial charge is 0.273 e. The summed E-state index contributed by atoms with van der Waals surface area (Å²) in [5.74, 6) is -0.0844. The van der Waals surface area contributed by atoms with Crippen LogP contribution in [0.25, 0.3) is 16.5 Å². The summed E-state index contributed by atoms with van der Waals surface area (Å²) in [6, 6.07) is 7.75. The standard InChI is InChI=1S/C21H24N6O2/c1-14-19(21(29)24-12-11-23-20(28)15-5-2-3-6-15)25-26-27(14)18-8-4-7-16-13-22-10-9-17(16)18/h4,7-10,13,15H,2-3,5-6,11-12H2,1H3,(H,23,28)(H,24,29). The van der Waals surface area contributed by atoms with Crippen LogP contribution in [0.15, 0.2) is 36.7 Å². The van der Waals surface area contributed by atoms with E-state index in [4.69, 9.17) is 0 Å². The van der Waals surface area contributed by atoms with Gasteiger partial charge in [0.1, 0.15) is 0 Å². The van der Waals surface area contributed by atoms with Crippen LogP contribution in [0.5, 0.6) is 0 Å². The monoisotopic (exact) mass is 392 g/mol. The highest BCUT2D eigenvalue weighted by atomic mass is 16.2. The highest BCUT2D eigenvalue weighted by Gasteiger charge is 2.22.